The van der Waals surface area contributed by atoms with Gasteiger partial charge in [0.25, 0.3) is 0 Å². The van der Waals surface area contributed by atoms with E-state index in [2.05, 4.69) is 0 Å². The van der Waals surface area contributed by atoms with Gasteiger partial charge in [0.1, 0.15) is 5.60 Å². The number of methoxy groups -OCH3 is 1. The Balaban J connectivity index is 2.00. The van der Waals surface area contributed by atoms with E-state index in [9.17, 15) is 19.5 Å². The maximum Gasteiger partial charge on any atom is 0.410 e. The van der Waals surface area contributed by atoms with Gasteiger partial charge in [-0.15, -0.1) is 0 Å². The summed E-state index contributed by atoms with van der Waals surface area (Å²) in [5.41, 5.74) is 3.12. The zero-order valence-corrected chi connectivity index (χ0v) is 18.8. The van der Waals surface area contributed by atoms with Crippen molar-refractivity contribution in [2.75, 3.05) is 7.11 Å². The highest BCUT2D eigenvalue weighted by atomic mass is 16.6. The SMILES string of the molecule is COC(=O)N(C(CCC(=O)OC(C)(C)C)CC(=O)O)C1c2ccccc2-c2ccccc21. The van der Waals surface area contributed by atoms with E-state index in [0.29, 0.717) is 0 Å². The highest BCUT2D eigenvalue weighted by Gasteiger charge is 2.40. The van der Waals surface area contributed by atoms with Crippen LogP contribution in [0.4, 0.5) is 4.79 Å². The standard InChI is InChI=1S/C25H29NO6/c1-25(2,3)32-22(29)14-13-16(15-21(27)28)26(24(30)31-4)23-19-11-7-5-9-17(19)18-10-6-8-12-20(18)23/h5-12,16,23H,13-15H2,1-4H3,(H,27,28). The Morgan fingerprint density at radius 1 is 1.00 bits per heavy atom. The van der Waals surface area contributed by atoms with E-state index in [1.807, 2.05) is 48.5 Å². The van der Waals surface area contributed by atoms with Gasteiger partial charge >= 0.3 is 18.0 Å². The third kappa shape index (κ3) is 5.10. The van der Waals surface area contributed by atoms with Crippen LogP contribution < -0.4 is 0 Å². The molecule has 0 spiro atoms. The molecule has 7 nitrogen and oxygen atoms in total. The molecule has 2 aromatic carbocycles. The van der Waals surface area contributed by atoms with Crippen LogP contribution in [0.25, 0.3) is 11.1 Å². The van der Waals surface area contributed by atoms with Crippen LogP contribution in [0, 0.1) is 0 Å². The quantitative estimate of drug-likeness (QED) is 0.624. The zero-order valence-electron chi connectivity index (χ0n) is 18.8. The van der Waals surface area contributed by atoms with Crippen molar-refractivity contribution in [3.8, 4) is 11.1 Å². The lowest BCUT2D eigenvalue weighted by molar-refractivity contribution is -0.155. The first-order chi connectivity index (χ1) is 15.1. The van der Waals surface area contributed by atoms with Gasteiger partial charge in [-0.3, -0.25) is 14.5 Å². The maximum atomic E-state index is 13.0. The highest BCUT2D eigenvalue weighted by molar-refractivity contribution is 5.82. The number of aliphatic carboxylic acids is 1. The van der Waals surface area contributed by atoms with Crippen molar-refractivity contribution >= 4 is 18.0 Å². The lowest BCUT2D eigenvalue weighted by Gasteiger charge is -2.36. The largest absolute Gasteiger partial charge is 0.481 e. The van der Waals surface area contributed by atoms with Crippen LogP contribution in [-0.2, 0) is 19.1 Å². The highest BCUT2D eigenvalue weighted by Crippen LogP contribution is 2.47. The lowest BCUT2D eigenvalue weighted by atomic mass is 9.98. The fraction of sp³-hybridized carbons (Fsp3) is 0.400. The van der Waals surface area contributed by atoms with E-state index >= 15 is 0 Å². The minimum absolute atomic E-state index is 0.0152. The van der Waals surface area contributed by atoms with E-state index < -0.39 is 35.7 Å². The van der Waals surface area contributed by atoms with Crippen LogP contribution in [0.15, 0.2) is 48.5 Å². The van der Waals surface area contributed by atoms with Gasteiger partial charge in [0, 0.05) is 12.5 Å². The number of amides is 1. The molecule has 1 aliphatic rings. The Kier molecular flexibility index (Phi) is 6.87. The molecule has 170 valence electrons. The Labute approximate surface area is 187 Å². The molecule has 32 heavy (non-hydrogen) atoms. The Morgan fingerprint density at radius 3 is 2.00 bits per heavy atom. The number of hydrogen-bond donors (Lipinski definition) is 1. The molecule has 1 unspecified atom stereocenters. The van der Waals surface area contributed by atoms with Gasteiger partial charge in [-0.05, 0) is 49.4 Å². The Hall–Kier alpha value is -3.35. The number of nitrogens with zero attached hydrogens (tertiary/aromatic N) is 1. The number of esters is 1. The monoisotopic (exact) mass is 439 g/mol. The van der Waals surface area contributed by atoms with Crippen LogP contribution in [-0.4, -0.2) is 46.8 Å². The Morgan fingerprint density at radius 2 is 1.53 bits per heavy atom. The number of benzene rings is 2. The number of carboxylic acids is 1. The normalized spacial score (nSPS) is 13.6. The van der Waals surface area contributed by atoms with Crippen LogP contribution in [0.2, 0.25) is 0 Å². The molecule has 2 aromatic rings. The van der Waals surface area contributed by atoms with E-state index in [1.54, 1.807) is 20.8 Å². The second-order valence-corrected chi connectivity index (χ2v) is 8.83. The second kappa shape index (κ2) is 9.42. The predicted octanol–water partition coefficient (Wildman–Crippen LogP) is 4.79. The van der Waals surface area contributed by atoms with E-state index in [0.717, 1.165) is 22.3 Å². The van der Waals surface area contributed by atoms with Crippen molar-refractivity contribution in [2.24, 2.45) is 0 Å². The molecule has 0 aromatic heterocycles. The summed E-state index contributed by atoms with van der Waals surface area (Å²) in [5, 5.41) is 9.58. The van der Waals surface area contributed by atoms with Gasteiger partial charge < -0.3 is 14.6 Å². The number of hydrogen-bond acceptors (Lipinski definition) is 5. The van der Waals surface area contributed by atoms with Crippen molar-refractivity contribution in [1.82, 2.24) is 4.90 Å². The number of carboxylic acid groups (broad SMARTS) is 1. The first kappa shape index (κ1) is 23.3. The van der Waals surface area contributed by atoms with E-state index in [1.165, 1.54) is 12.0 Å². The number of ether oxygens (including phenoxy) is 2. The van der Waals surface area contributed by atoms with Crippen LogP contribution >= 0.6 is 0 Å². The molecule has 1 atom stereocenters. The zero-order chi connectivity index (χ0) is 23.5. The Bertz CT molecular complexity index is 964. The first-order valence-corrected chi connectivity index (χ1v) is 10.6. The molecule has 0 bridgehead atoms. The molecule has 1 amide bonds. The molecular formula is C25H29NO6. The molecule has 7 heteroatoms. The molecular weight excluding hydrogens is 410 g/mol. The van der Waals surface area contributed by atoms with Crippen LogP contribution in [0.3, 0.4) is 0 Å². The fourth-order valence-corrected chi connectivity index (χ4v) is 4.22. The maximum absolute atomic E-state index is 13.0. The summed E-state index contributed by atoms with van der Waals surface area (Å²) in [6.07, 6.45) is -0.842. The summed E-state index contributed by atoms with van der Waals surface area (Å²) >= 11 is 0. The third-order valence-corrected chi connectivity index (χ3v) is 5.37. The summed E-state index contributed by atoms with van der Waals surface area (Å²) in [6, 6.07) is 14.2. The van der Waals surface area contributed by atoms with E-state index in [-0.39, 0.29) is 19.3 Å². The smallest absolute Gasteiger partial charge is 0.410 e. The topological polar surface area (TPSA) is 93.1 Å². The average molecular weight is 440 g/mol. The minimum Gasteiger partial charge on any atom is -0.481 e. The molecule has 0 saturated carbocycles. The third-order valence-electron chi connectivity index (χ3n) is 5.37. The second-order valence-electron chi connectivity index (χ2n) is 8.83. The lowest BCUT2D eigenvalue weighted by Crippen LogP contribution is -2.44. The molecule has 0 fully saturated rings. The van der Waals surface area contributed by atoms with Gasteiger partial charge in [-0.1, -0.05) is 48.5 Å². The summed E-state index contributed by atoms with van der Waals surface area (Å²) in [5.74, 6) is -1.50. The van der Waals surface area contributed by atoms with Crippen molar-refractivity contribution < 1.29 is 29.0 Å². The number of carbonyl (C=O) groups excluding carboxylic acids is 2. The molecule has 3 rings (SSSR count). The van der Waals surface area contributed by atoms with Gasteiger partial charge in [0.15, 0.2) is 0 Å². The van der Waals surface area contributed by atoms with Crippen molar-refractivity contribution in [1.29, 1.82) is 0 Å². The molecule has 0 radical (unpaired) electrons. The van der Waals surface area contributed by atoms with Gasteiger partial charge in [0.2, 0.25) is 0 Å². The predicted molar refractivity (Wildman–Crippen MR) is 119 cm³/mol. The fourth-order valence-electron chi connectivity index (χ4n) is 4.22. The van der Waals surface area contributed by atoms with Crippen molar-refractivity contribution in [3.63, 3.8) is 0 Å². The summed E-state index contributed by atoms with van der Waals surface area (Å²) in [7, 11) is 1.27. The summed E-state index contributed by atoms with van der Waals surface area (Å²) < 4.78 is 10.5. The molecule has 1 aliphatic carbocycles. The van der Waals surface area contributed by atoms with Crippen molar-refractivity contribution in [3.05, 3.63) is 59.7 Å². The summed E-state index contributed by atoms with van der Waals surface area (Å²) in [4.78, 5) is 38.5. The number of rotatable bonds is 7. The van der Waals surface area contributed by atoms with Crippen molar-refractivity contribution in [2.45, 2.75) is 57.7 Å². The van der Waals surface area contributed by atoms with Gasteiger partial charge in [-0.2, -0.15) is 0 Å². The number of fused-ring (bicyclic) bond motifs is 3. The summed E-state index contributed by atoms with van der Waals surface area (Å²) in [6.45, 7) is 5.31. The average Bonchev–Trinajstić information content (AvgIpc) is 3.05. The van der Waals surface area contributed by atoms with Crippen LogP contribution in [0.5, 0.6) is 0 Å². The molecule has 0 aliphatic heterocycles. The molecule has 0 heterocycles. The van der Waals surface area contributed by atoms with Gasteiger partial charge in [0.05, 0.1) is 19.6 Å². The molecule has 0 saturated heterocycles. The first-order valence-electron chi connectivity index (χ1n) is 10.6. The molecule has 1 N–H and O–H groups in total. The number of carbonyl (C=O) groups is 3. The van der Waals surface area contributed by atoms with Gasteiger partial charge in [-0.25, -0.2) is 4.79 Å². The van der Waals surface area contributed by atoms with E-state index in [4.69, 9.17) is 9.47 Å². The minimum atomic E-state index is -1.06. The van der Waals surface area contributed by atoms with Crippen LogP contribution in [0.1, 0.15) is 57.2 Å².